The van der Waals surface area contributed by atoms with Gasteiger partial charge in [-0.25, -0.2) is 0 Å². The average Bonchev–Trinajstić information content (AvgIpc) is 2.67. The maximum Gasteiger partial charge on any atom is 0.191 e. The third-order valence-corrected chi connectivity index (χ3v) is 5.88. The zero-order valence-corrected chi connectivity index (χ0v) is 18.9. The zero-order valence-electron chi connectivity index (χ0n) is 18.9. The van der Waals surface area contributed by atoms with Crippen LogP contribution in [0.1, 0.15) is 59.8 Å². The molecule has 0 radical (unpaired) electrons. The van der Waals surface area contributed by atoms with Crippen LogP contribution in [0.3, 0.4) is 0 Å². The first kappa shape index (κ1) is 23.4. The highest BCUT2D eigenvalue weighted by Gasteiger charge is 2.35. The number of methoxy groups -OCH3 is 1. The van der Waals surface area contributed by atoms with Crippen molar-refractivity contribution in [2.75, 3.05) is 53.0 Å². The summed E-state index contributed by atoms with van der Waals surface area (Å²) in [6, 6.07) is 0.512. The lowest BCUT2D eigenvalue weighted by Crippen LogP contribution is -2.49. The van der Waals surface area contributed by atoms with Crippen molar-refractivity contribution >= 4 is 5.96 Å². The predicted octanol–water partition coefficient (Wildman–Crippen LogP) is 2.88. The number of likely N-dealkylation sites (tertiary alicyclic amines) is 1. The van der Waals surface area contributed by atoms with Crippen LogP contribution in [0, 0.1) is 11.3 Å². The van der Waals surface area contributed by atoms with Crippen molar-refractivity contribution < 1.29 is 9.47 Å². The molecule has 28 heavy (non-hydrogen) atoms. The molecular formula is C22H44N4O2. The maximum absolute atomic E-state index is 6.12. The molecule has 0 spiro atoms. The summed E-state index contributed by atoms with van der Waals surface area (Å²) in [6.45, 7) is 15.9. The first-order valence-electron chi connectivity index (χ1n) is 11.3. The highest BCUT2D eigenvalue weighted by atomic mass is 16.5. The number of hydrogen-bond donors (Lipinski definition) is 2. The van der Waals surface area contributed by atoms with Gasteiger partial charge >= 0.3 is 0 Å². The van der Waals surface area contributed by atoms with E-state index < -0.39 is 0 Å². The van der Waals surface area contributed by atoms with Crippen LogP contribution >= 0.6 is 0 Å². The summed E-state index contributed by atoms with van der Waals surface area (Å²) in [6.07, 6.45) is 6.13. The lowest BCUT2D eigenvalue weighted by atomic mass is 9.78. The normalized spacial score (nSPS) is 25.7. The van der Waals surface area contributed by atoms with Crippen molar-refractivity contribution in [3.8, 4) is 0 Å². The molecule has 0 saturated carbocycles. The summed E-state index contributed by atoms with van der Waals surface area (Å²) in [7, 11) is 1.78. The first-order valence-corrected chi connectivity index (χ1v) is 11.3. The monoisotopic (exact) mass is 396 g/mol. The third-order valence-electron chi connectivity index (χ3n) is 5.88. The van der Waals surface area contributed by atoms with E-state index in [1.165, 1.54) is 19.3 Å². The number of nitrogens with one attached hydrogen (secondary N) is 2. The van der Waals surface area contributed by atoms with E-state index in [0.717, 1.165) is 64.7 Å². The van der Waals surface area contributed by atoms with Gasteiger partial charge in [-0.2, -0.15) is 0 Å². The highest BCUT2D eigenvalue weighted by molar-refractivity contribution is 5.80. The highest BCUT2D eigenvalue weighted by Crippen LogP contribution is 2.34. The molecule has 0 aromatic heterocycles. The molecule has 6 nitrogen and oxygen atoms in total. The van der Waals surface area contributed by atoms with Gasteiger partial charge in [0.05, 0.1) is 6.10 Å². The Hall–Kier alpha value is -0.850. The SMILES string of the molecule is CCNC(=NCC1CCCOC1C(C)(C)C)NC1CCN(CCCOC)CC1. The Labute approximate surface area is 172 Å². The van der Waals surface area contributed by atoms with Crippen molar-refractivity contribution in [2.45, 2.75) is 71.9 Å². The molecule has 2 aliphatic heterocycles. The Bertz CT molecular complexity index is 456. The minimum atomic E-state index is 0.169. The summed E-state index contributed by atoms with van der Waals surface area (Å²) in [5, 5.41) is 7.13. The van der Waals surface area contributed by atoms with Gasteiger partial charge in [0.25, 0.3) is 0 Å². The van der Waals surface area contributed by atoms with Crippen LogP contribution in [-0.4, -0.2) is 76.1 Å². The number of aliphatic imine (C=N–C) groups is 1. The van der Waals surface area contributed by atoms with Crippen molar-refractivity contribution in [3.05, 3.63) is 0 Å². The molecule has 2 fully saturated rings. The molecule has 0 aliphatic carbocycles. The average molecular weight is 397 g/mol. The van der Waals surface area contributed by atoms with Gasteiger partial charge in [-0.05, 0) is 44.4 Å². The van der Waals surface area contributed by atoms with Gasteiger partial charge < -0.3 is 25.0 Å². The van der Waals surface area contributed by atoms with Crippen LogP contribution in [0.15, 0.2) is 4.99 Å². The molecule has 164 valence electrons. The maximum atomic E-state index is 6.12. The van der Waals surface area contributed by atoms with Gasteiger partial charge in [-0.3, -0.25) is 4.99 Å². The quantitative estimate of drug-likeness (QED) is 0.375. The van der Waals surface area contributed by atoms with Gasteiger partial charge in [0.15, 0.2) is 5.96 Å². The molecule has 2 unspecified atom stereocenters. The third kappa shape index (κ3) is 7.88. The number of rotatable bonds is 8. The second-order valence-corrected chi connectivity index (χ2v) is 9.39. The molecule has 0 amide bonds. The van der Waals surface area contributed by atoms with Crippen LogP contribution < -0.4 is 10.6 Å². The van der Waals surface area contributed by atoms with Crippen molar-refractivity contribution in [2.24, 2.45) is 16.3 Å². The molecule has 2 aliphatic rings. The fourth-order valence-corrected chi connectivity index (χ4v) is 4.44. The van der Waals surface area contributed by atoms with E-state index >= 15 is 0 Å². The van der Waals surface area contributed by atoms with Crippen molar-refractivity contribution in [1.82, 2.24) is 15.5 Å². The summed E-state index contributed by atoms with van der Waals surface area (Å²) >= 11 is 0. The smallest absolute Gasteiger partial charge is 0.191 e. The van der Waals surface area contributed by atoms with Gasteiger partial charge in [-0.1, -0.05) is 20.8 Å². The molecular weight excluding hydrogens is 352 g/mol. The molecule has 2 N–H and O–H groups in total. The first-order chi connectivity index (χ1) is 13.4. The number of guanidine groups is 1. The summed E-state index contributed by atoms with van der Waals surface area (Å²) in [4.78, 5) is 7.51. The Balaban J connectivity index is 1.83. The minimum Gasteiger partial charge on any atom is -0.385 e. The second-order valence-electron chi connectivity index (χ2n) is 9.39. The molecule has 2 saturated heterocycles. The second kappa shape index (κ2) is 12.0. The largest absolute Gasteiger partial charge is 0.385 e. The lowest BCUT2D eigenvalue weighted by molar-refractivity contribution is -0.0823. The Morgan fingerprint density at radius 2 is 1.96 bits per heavy atom. The van der Waals surface area contributed by atoms with Crippen molar-refractivity contribution in [1.29, 1.82) is 0 Å². The van der Waals surface area contributed by atoms with Crippen molar-refractivity contribution in [3.63, 3.8) is 0 Å². The minimum absolute atomic E-state index is 0.169. The summed E-state index contributed by atoms with van der Waals surface area (Å²) in [5.41, 5.74) is 0.169. The van der Waals surface area contributed by atoms with E-state index in [9.17, 15) is 0 Å². The Morgan fingerprint density at radius 1 is 1.21 bits per heavy atom. The van der Waals surface area contributed by atoms with E-state index in [1.54, 1.807) is 7.11 Å². The van der Waals surface area contributed by atoms with E-state index in [1.807, 2.05) is 0 Å². The molecule has 0 aromatic rings. The predicted molar refractivity (Wildman–Crippen MR) is 117 cm³/mol. The zero-order chi connectivity index (χ0) is 20.4. The van der Waals surface area contributed by atoms with Crippen LogP contribution in [0.5, 0.6) is 0 Å². The van der Waals surface area contributed by atoms with E-state index in [4.69, 9.17) is 14.5 Å². The van der Waals surface area contributed by atoms with Crippen LogP contribution in [0.25, 0.3) is 0 Å². The number of hydrogen-bond acceptors (Lipinski definition) is 4. The van der Waals surface area contributed by atoms with E-state index in [2.05, 4.69) is 43.2 Å². The molecule has 0 bridgehead atoms. The van der Waals surface area contributed by atoms with Crippen LogP contribution in [0.4, 0.5) is 0 Å². The van der Waals surface area contributed by atoms with Gasteiger partial charge in [0.2, 0.25) is 0 Å². The van der Waals surface area contributed by atoms with E-state index in [-0.39, 0.29) is 5.41 Å². The van der Waals surface area contributed by atoms with Crippen LogP contribution in [0.2, 0.25) is 0 Å². The summed E-state index contributed by atoms with van der Waals surface area (Å²) in [5.74, 6) is 1.48. The molecule has 2 atom stereocenters. The molecule has 2 rings (SSSR count). The molecule has 0 aromatic carbocycles. The van der Waals surface area contributed by atoms with Gasteiger partial charge in [-0.15, -0.1) is 0 Å². The topological polar surface area (TPSA) is 58.1 Å². The fraction of sp³-hybridized carbons (Fsp3) is 0.955. The standard InChI is InChI=1S/C22H44N4O2/c1-6-23-21(24-17-18-9-7-16-28-20(18)22(2,3)4)25-19-10-13-26(14-11-19)12-8-15-27-5/h18-20H,6-17H2,1-5H3,(H2,23,24,25). The van der Waals surface area contributed by atoms with Gasteiger partial charge in [0.1, 0.15) is 0 Å². The number of ether oxygens (including phenoxy) is 2. The molecule has 2 heterocycles. The van der Waals surface area contributed by atoms with E-state index in [0.29, 0.717) is 18.1 Å². The Kier molecular flexibility index (Phi) is 10.0. The van der Waals surface area contributed by atoms with Gasteiger partial charge in [0, 0.05) is 65.0 Å². The number of nitrogens with zero attached hydrogens (tertiary/aromatic N) is 2. The lowest BCUT2D eigenvalue weighted by Gasteiger charge is -2.39. The summed E-state index contributed by atoms with van der Waals surface area (Å²) < 4.78 is 11.3. The Morgan fingerprint density at radius 3 is 2.61 bits per heavy atom. The number of piperidine rings is 1. The molecule has 6 heteroatoms. The fourth-order valence-electron chi connectivity index (χ4n) is 4.44. The van der Waals surface area contributed by atoms with Crippen LogP contribution in [-0.2, 0) is 9.47 Å².